The number of nitrogens with one attached hydrogen (secondary N) is 1. The average Bonchev–Trinajstić information content (AvgIpc) is 2.79. The van der Waals surface area contributed by atoms with Gasteiger partial charge in [0.15, 0.2) is 5.82 Å². The van der Waals surface area contributed by atoms with Crippen molar-refractivity contribution in [3.63, 3.8) is 0 Å². The number of pyridine rings is 1. The Kier molecular flexibility index (Phi) is 3.30. The summed E-state index contributed by atoms with van der Waals surface area (Å²) in [5, 5.41) is 6.81. The second-order valence-corrected chi connectivity index (χ2v) is 3.35. The summed E-state index contributed by atoms with van der Waals surface area (Å²) in [5.74, 6) is 0.534. The monoisotopic (exact) mass is 228 g/mol. The van der Waals surface area contributed by atoms with E-state index in [-0.39, 0.29) is 5.91 Å². The van der Waals surface area contributed by atoms with Crippen LogP contribution >= 0.6 is 0 Å². The molecule has 2 aromatic heterocycles. The Bertz CT molecular complexity index is 530. The van der Waals surface area contributed by atoms with Crippen molar-refractivity contribution >= 4 is 11.6 Å². The van der Waals surface area contributed by atoms with E-state index in [4.69, 9.17) is 0 Å². The molecule has 17 heavy (non-hydrogen) atoms. The molecular weight excluding hydrogens is 216 g/mol. The molecule has 5 nitrogen and oxygen atoms in total. The first-order valence-electron chi connectivity index (χ1n) is 5.19. The third kappa shape index (κ3) is 2.78. The van der Waals surface area contributed by atoms with E-state index in [1.807, 2.05) is 18.2 Å². The van der Waals surface area contributed by atoms with Crippen LogP contribution in [0.5, 0.6) is 0 Å². The number of carbonyl (C=O) groups is 1. The van der Waals surface area contributed by atoms with Gasteiger partial charge in [0.1, 0.15) is 0 Å². The van der Waals surface area contributed by atoms with Gasteiger partial charge in [-0.15, -0.1) is 0 Å². The van der Waals surface area contributed by atoms with E-state index in [0.29, 0.717) is 11.5 Å². The van der Waals surface area contributed by atoms with E-state index in [1.54, 1.807) is 36.3 Å². The third-order valence-electron chi connectivity index (χ3n) is 2.05. The van der Waals surface area contributed by atoms with Crippen LogP contribution in [0.3, 0.4) is 0 Å². The Morgan fingerprint density at radius 2 is 2.35 bits per heavy atom. The van der Waals surface area contributed by atoms with Crippen LogP contribution in [0.25, 0.3) is 5.82 Å². The molecule has 5 heteroatoms. The Morgan fingerprint density at radius 3 is 3.06 bits per heavy atom. The van der Waals surface area contributed by atoms with Crippen molar-refractivity contribution in [1.29, 1.82) is 0 Å². The summed E-state index contributed by atoms with van der Waals surface area (Å²) < 4.78 is 1.60. The van der Waals surface area contributed by atoms with Gasteiger partial charge in [-0.05, 0) is 25.1 Å². The van der Waals surface area contributed by atoms with Crippen molar-refractivity contribution in [2.45, 2.75) is 6.92 Å². The highest BCUT2D eigenvalue weighted by Gasteiger charge is 2.02. The standard InChI is InChI=1S/C12H12N4O/c1-2-5-12(17)15-10-8-14-16(9-10)11-6-3-4-7-13-11/h2-9H,1H3,(H,15,17)/b5-2+. The van der Waals surface area contributed by atoms with Gasteiger partial charge in [0.05, 0.1) is 18.1 Å². The van der Waals surface area contributed by atoms with E-state index >= 15 is 0 Å². The van der Waals surface area contributed by atoms with Crippen LogP contribution in [0, 0.1) is 0 Å². The van der Waals surface area contributed by atoms with Gasteiger partial charge in [-0.3, -0.25) is 4.79 Å². The van der Waals surface area contributed by atoms with Crippen LogP contribution in [-0.4, -0.2) is 20.7 Å². The quantitative estimate of drug-likeness (QED) is 0.814. The van der Waals surface area contributed by atoms with Crippen molar-refractivity contribution in [3.05, 3.63) is 48.9 Å². The summed E-state index contributed by atoms with van der Waals surface area (Å²) >= 11 is 0. The molecule has 0 fully saturated rings. The molecule has 0 bridgehead atoms. The maximum atomic E-state index is 11.3. The van der Waals surface area contributed by atoms with Crippen molar-refractivity contribution in [2.24, 2.45) is 0 Å². The number of carbonyl (C=O) groups excluding carboxylic acids is 1. The molecule has 86 valence electrons. The smallest absolute Gasteiger partial charge is 0.248 e. The summed E-state index contributed by atoms with van der Waals surface area (Å²) in [4.78, 5) is 15.5. The fourth-order valence-electron chi connectivity index (χ4n) is 1.34. The molecule has 2 heterocycles. The highest BCUT2D eigenvalue weighted by molar-refractivity contribution is 5.99. The molecule has 0 aliphatic carbocycles. The zero-order valence-corrected chi connectivity index (χ0v) is 9.37. The molecule has 0 saturated carbocycles. The van der Waals surface area contributed by atoms with Gasteiger partial charge in [-0.2, -0.15) is 5.10 Å². The minimum atomic E-state index is -0.173. The number of aromatic nitrogens is 3. The lowest BCUT2D eigenvalue weighted by Gasteiger charge is -1.98. The molecule has 0 unspecified atom stereocenters. The van der Waals surface area contributed by atoms with Crippen molar-refractivity contribution in [3.8, 4) is 5.82 Å². The highest BCUT2D eigenvalue weighted by Crippen LogP contribution is 2.09. The maximum absolute atomic E-state index is 11.3. The molecule has 0 spiro atoms. The fourth-order valence-corrected chi connectivity index (χ4v) is 1.34. The SMILES string of the molecule is C/C=C/C(=O)Nc1cnn(-c2ccccn2)c1. The number of allylic oxidation sites excluding steroid dienone is 1. The summed E-state index contributed by atoms with van der Waals surface area (Å²) in [6.07, 6.45) is 8.12. The van der Waals surface area contributed by atoms with E-state index in [9.17, 15) is 4.79 Å². The van der Waals surface area contributed by atoms with Gasteiger partial charge in [0.25, 0.3) is 0 Å². The third-order valence-corrected chi connectivity index (χ3v) is 2.05. The lowest BCUT2D eigenvalue weighted by molar-refractivity contribution is -0.111. The minimum Gasteiger partial charge on any atom is -0.320 e. The van der Waals surface area contributed by atoms with Crippen LogP contribution < -0.4 is 5.32 Å². The summed E-state index contributed by atoms with van der Waals surface area (Å²) in [5.41, 5.74) is 0.638. The zero-order chi connectivity index (χ0) is 12.1. The second-order valence-electron chi connectivity index (χ2n) is 3.35. The molecule has 1 N–H and O–H groups in total. The molecule has 0 aromatic carbocycles. The molecular formula is C12H12N4O. The van der Waals surface area contributed by atoms with E-state index < -0.39 is 0 Å². The molecule has 0 radical (unpaired) electrons. The van der Waals surface area contributed by atoms with Gasteiger partial charge >= 0.3 is 0 Å². The van der Waals surface area contributed by atoms with Gasteiger partial charge in [0, 0.05) is 6.20 Å². The lowest BCUT2D eigenvalue weighted by Crippen LogP contribution is -2.06. The molecule has 0 atom stereocenters. The Labute approximate surface area is 98.8 Å². The normalized spacial score (nSPS) is 10.6. The fraction of sp³-hybridized carbons (Fsp3) is 0.0833. The van der Waals surface area contributed by atoms with Crippen LogP contribution in [-0.2, 0) is 4.79 Å². The molecule has 0 aliphatic heterocycles. The Morgan fingerprint density at radius 1 is 1.47 bits per heavy atom. The molecule has 2 aromatic rings. The highest BCUT2D eigenvalue weighted by atomic mass is 16.1. The molecule has 2 rings (SSSR count). The molecule has 0 aliphatic rings. The molecule has 0 saturated heterocycles. The van der Waals surface area contributed by atoms with Crippen molar-refractivity contribution < 1.29 is 4.79 Å². The van der Waals surface area contributed by atoms with E-state index in [2.05, 4.69) is 15.4 Å². The van der Waals surface area contributed by atoms with E-state index in [1.165, 1.54) is 6.08 Å². The maximum Gasteiger partial charge on any atom is 0.248 e. The van der Waals surface area contributed by atoms with Gasteiger partial charge in [0.2, 0.25) is 5.91 Å². The predicted molar refractivity (Wildman–Crippen MR) is 64.8 cm³/mol. The first-order valence-corrected chi connectivity index (χ1v) is 5.19. The first kappa shape index (κ1) is 11.1. The number of nitrogens with zero attached hydrogens (tertiary/aromatic N) is 3. The van der Waals surface area contributed by atoms with Crippen molar-refractivity contribution in [1.82, 2.24) is 14.8 Å². The Hall–Kier alpha value is -2.43. The Balaban J connectivity index is 2.14. The van der Waals surface area contributed by atoms with Crippen LogP contribution in [0.4, 0.5) is 5.69 Å². The number of amides is 1. The molecule has 1 amide bonds. The van der Waals surface area contributed by atoms with Gasteiger partial charge < -0.3 is 5.32 Å². The number of hydrogen-bond donors (Lipinski definition) is 1. The lowest BCUT2D eigenvalue weighted by atomic mass is 10.4. The summed E-state index contributed by atoms with van der Waals surface area (Å²) in [6, 6.07) is 5.55. The minimum absolute atomic E-state index is 0.173. The zero-order valence-electron chi connectivity index (χ0n) is 9.37. The second kappa shape index (κ2) is 5.07. The van der Waals surface area contributed by atoms with Crippen LogP contribution in [0.15, 0.2) is 48.9 Å². The topological polar surface area (TPSA) is 59.8 Å². The van der Waals surface area contributed by atoms with Crippen LogP contribution in [0.1, 0.15) is 6.92 Å². The van der Waals surface area contributed by atoms with Crippen molar-refractivity contribution in [2.75, 3.05) is 5.32 Å². The number of hydrogen-bond acceptors (Lipinski definition) is 3. The van der Waals surface area contributed by atoms with Gasteiger partial charge in [-0.25, -0.2) is 9.67 Å². The predicted octanol–water partition coefficient (Wildman–Crippen LogP) is 1.78. The number of anilines is 1. The van der Waals surface area contributed by atoms with Gasteiger partial charge in [-0.1, -0.05) is 12.1 Å². The summed E-state index contributed by atoms with van der Waals surface area (Å²) in [7, 11) is 0. The largest absolute Gasteiger partial charge is 0.320 e. The average molecular weight is 228 g/mol. The number of rotatable bonds is 3. The summed E-state index contributed by atoms with van der Waals surface area (Å²) in [6.45, 7) is 1.79. The van der Waals surface area contributed by atoms with E-state index in [0.717, 1.165) is 0 Å². The first-order chi connectivity index (χ1) is 8.29. The van der Waals surface area contributed by atoms with Crippen LogP contribution in [0.2, 0.25) is 0 Å².